The first kappa shape index (κ1) is 21.4. The van der Waals surface area contributed by atoms with Crippen molar-refractivity contribution < 1.29 is 14.3 Å². The number of esters is 1. The van der Waals surface area contributed by atoms with Crippen LogP contribution in [-0.4, -0.2) is 34.3 Å². The smallest absolute Gasteiger partial charge is 0.337 e. The summed E-state index contributed by atoms with van der Waals surface area (Å²) in [6, 6.07) is 17.9. The van der Waals surface area contributed by atoms with E-state index in [4.69, 9.17) is 16.3 Å². The largest absolute Gasteiger partial charge is 0.465 e. The highest BCUT2D eigenvalue weighted by Crippen LogP contribution is 2.34. The van der Waals surface area contributed by atoms with Gasteiger partial charge in [0.25, 0.3) is 0 Å². The summed E-state index contributed by atoms with van der Waals surface area (Å²) in [5.41, 5.74) is 3.00. The molecule has 2 heterocycles. The van der Waals surface area contributed by atoms with Gasteiger partial charge in [-0.25, -0.2) is 9.10 Å². The van der Waals surface area contributed by atoms with Gasteiger partial charge in [-0.05, 0) is 66.0 Å². The molecule has 0 fully saturated rings. The number of methoxy groups -OCH3 is 1. The molecule has 3 aromatic rings. The highest BCUT2D eigenvalue weighted by molar-refractivity contribution is 7.97. The molecule has 1 aliphatic rings. The number of nitrogens with zero attached hydrogens (tertiary/aromatic N) is 2. The maximum atomic E-state index is 13.2. The highest BCUT2D eigenvalue weighted by Gasteiger charge is 2.32. The summed E-state index contributed by atoms with van der Waals surface area (Å²) in [7, 11) is 1.35. The summed E-state index contributed by atoms with van der Waals surface area (Å²) in [6.45, 7) is 0.534. The van der Waals surface area contributed by atoms with E-state index in [1.54, 1.807) is 24.4 Å². The van der Waals surface area contributed by atoms with Gasteiger partial charge in [-0.3, -0.25) is 9.78 Å². The number of carbonyl (C=O) groups is 2. The van der Waals surface area contributed by atoms with Crippen molar-refractivity contribution in [1.82, 2.24) is 9.29 Å². The molecule has 8 heteroatoms. The Hall–Kier alpha value is -2.87. The molecule has 158 valence electrons. The highest BCUT2D eigenvalue weighted by atomic mass is 35.5. The van der Waals surface area contributed by atoms with Crippen LogP contribution in [0.1, 0.15) is 21.6 Å². The second-order valence-electron chi connectivity index (χ2n) is 7.01. The Kier molecular flexibility index (Phi) is 6.56. The number of amides is 1. The summed E-state index contributed by atoms with van der Waals surface area (Å²) in [6.07, 6.45) is 2.18. The Labute approximate surface area is 189 Å². The maximum Gasteiger partial charge on any atom is 0.337 e. The van der Waals surface area contributed by atoms with Crippen LogP contribution in [0.4, 0.5) is 5.69 Å². The normalized spacial score (nSPS) is 16.2. The Morgan fingerprint density at radius 1 is 1.23 bits per heavy atom. The standard InChI is InChI=1S/C23H20ClN3O3S/c1-30-23(29)15-6-9-19(10-7-15)31-27-14-16-5-8-17(24)12-20(16)26-22(28)21(27)13-18-4-2-3-11-25-18/h2-12,21H,13-14H2,1H3,(H,26,28). The number of pyridine rings is 1. The van der Waals surface area contributed by atoms with Gasteiger partial charge in [0, 0.05) is 40.5 Å². The third-order valence-electron chi connectivity index (χ3n) is 4.93. The van der Waals surface area contributed by atoms with Crippen molar-refractivity contribution in [2.24, 2.45) is 0 Å². The van der Waals surface area contributed by atoms with Crippen LogP contribution < -0.4 is 5.32 Å². The average Bonchev–Trinajstić information content (AvgIpc) is 2.90. The second-order valence-corrected chi connectivity index (χ2v) is 8.57. The van der Waals surface area contributed by atoms with Gasteiger partial charge in [-0.15, -0.1) is 0 Å². The lowest BCUT2D eigenvalue weighted by Gasteiger charge is -2.27. The fraction of sp³-hybridized carbons (Fsp3) is 0.174. The van der Waals surface area contributed by atoms with Gasteiger partial charge in [-0.2, -0.15) is 0 Å². The monoisotopic (exact) mass is 453 g/mol. The number of aromatic nitrogens is 1. The molecule has 2 aromatic carbocycles. The minimum Gasteiger partial charge on any atom is -0.465 e. The van der Waals surface area contributed by atoms with Crippen LogP contribution >= 0.6 is 23.5 Å². The van der Waals surface area contributed by atoms with Gasteiger partial charge >= 0.3 is 5.97 Å². The lowest BCUT2D eigenvalue weighted by atomic mass is 10.1. The van der Waals surface area contributed by atoms with Crippen LogP contribution in [0.25, 0.3) is 0 Å². The van der Waals surface area contributed by atoms with Crippen molar-refractivity contribution in [2.45, 2.75) is 23.9 Å². The molecule has 0 bridgehead atoms. The van der Waals surface area contributed by atoms with Gasteiger partial charge in [0.15, 0.2) is 0 Å². The predicted molar refractivity (Wildman–Crippen MR) is 121 cm³/mol. The summed E-state index contributed by atoms with van der Waals surface area (Å²) in [4.78, 5) is 30.2. The van der Waals surface area contributed by atoms with Crippen molar-refractivity contribution in [3.05, 3.63) is 88.7 Å². The first-order valence-electron chi connectivity index (χ1n) is 9.65. The molecule has 1 atom stereocenters. The Bertz CT molecular complexity index is 1090. The van der Waals surface area contributed by atoms with Crippen LogP contribution in [-0.2, 0) is 22.5 Å². The molecule has 1 N–H and O–H groups in total. The molecule has 1 unspecified atom stereocenters. The minimum absolute atomic E-state index is 0.120. The molecular formula is C23H20ClN3O3S. The molecule has 0 radical (unpaired) electrons. The number of halogens is 1. The fourth-order valence-electron chi connectivity index (χ4n) is 3.34. The van der Waals surface area contributed by atoms with Crippen molar-refractivity contribution in [3.63, 3.8) is 0 Å². The van der Waals surface area contributed by atoms with Crippen molar-refractivity contribution in [1.29, 1.82) is 0 Å². The van der Waals surface area contributed by atoms with Crippen LogP contribution in [0.5, 0.6) is 0 Å². The zero-order valence-electron chi connectivity index (χ0n) is 16.7. The minimum atomic E-state index is -0.452. The van der Waals surface area contributed by atoms with Crippen LogP contribution in [0, 0.1) is 0 Å². The molecule has 0 spiro atoms. The number of ether oxygens (including phenoxy) is 1. The van der Waals surface area contributed by atoms with Gasteiger partial charge in [0.1, 0.15) is 6.04 Å². The number of fused-ring (bicyclic) bond motifs is 1. The quantitative estimate of drug-likeness (QED) is 0.450. The van der Waals surface area contributed by atoms with E-state index in [-0.39, 0.29) is 11.9 Å². The lowest BCUT2D eigenvalue weighted by molar-refractivity contribution is -0.119. The van der Waals surface area contributed by atoms with Crippen LogP contribution in [0.2, 0.25) is 5.02 Å². The topological polar surface area (TPSA) is 71.5 Å². The first-order valence-corrected chi connectivity index (χ1v) is 10.8. The van der Waals surface area contributed by atoms with Gasteiger partial charge in [-0.1, -0.05) is 23.7 Å². The van der Waals surface area contributed by atoms with E-state index in [1.807, 2.05) is 46.8 Å². The summed E-state index contributed by atoms with van der Waals surface area (Å²) < 4.78 is 6.80. The Balaban J connectivity index is 1.64. The number of hydrogen-bond acceptors (Lipinski definition) is 6. The van der Waals surface area contributed by atoms with Crippen LogP contribution in [0.3, 0.4) is 0 Å². The van der Waals surface area contributed by atoms with Crippen LogP contribution in [0.15, 0.2) is 71.8 Å². The molecule has 0 saturated carbocycles. The molecule has 0 saturated heterocycles. The average molecular weight is 454 g/mol. The molecule has 1 amide bonds. The molecule has 31 heavy (non-hydrogen) atoms. The maximum absolute atomic E-state index is 13.2. The van der Waals surface area contributed by atoms with E-state index in [0.29, 0.717) is 29.2 Å². The Morgan fingerprint density at radius 3 is 2.74 bits per heavy atom. The number of rotatable bonds is 5. The lowest BCUT2D eigenvalue weighted by Crippen LogP contribution is -2.39. The van der Waals surface area contributed by atoms with E-state index in [0.717, 1.165) is 16.2 Å². The number of anilines is 1. The van der Waals surface area contributed by atoms with E-state index in [2.05, 4.69) is 10.3 Å². The molecular weight excluding hydrogens is 434 g/mol. The molecule has 1 aliphatic heterocycles. The molecule has 4 rings (SSSR count). The molecule has 1 aromatic heterocycles. The van der Waals surface area contributed by atoms with E-state index < -0.39 is 6.04 Å². The zero-order valence-corrected chi connectivity index (χ0v) is 18.3. The third kappa shape index (κ3) is 5.07. The Morgan fingerprint density at radius 2 is 2.03 bits per heavy atom. The summed E-state index contributed by atoms with van der Waals surface area (Å²) >= 11 is 7.61. The number of benzene rings is 2. The second kappa shape index (κ2) is 9.51. The van der Waals surface area contributed by atoms with Crippen molar-refractivity contribution in [3.8, 4) is 0 Å². The number of hydrogen-bond donors (Lipinski definition) is 1. The first-order chi connectivity index (χ1) is 15.0. The fourth-order valence-corrected chi connectivity index (χ4v) is 4.54. The predicted octanol–water partition coefficient (Wildman–Crippen LogP) is 4.59. The molecule has 6 nitrogen and oxygen atoms in total. The summed E-state index contributed by atoms with van der Waals surface area (Å²) in [5, 5.41) is 3.58. The zero-order chi connectivity index (χ0) is 21.8. The molecule has 0 aliphatic carbocycles. The van der Waals surface area contributed by atoms with Gasteiger partial charge in [0.2, 0.25) is 5.91 Å². The number of nitrogens with one attached hydrogen (secondary N) is 1. The van der Waals surface area contributed by atoms with E-state index >= 15 is 0 Å². The van der Waals surface area contributed by atoms with Crippen molar-refractivity contribution >= 4 is 41.1 Å². The van der Waals surface area contributed by atoms with Gasteiger partial charge < -0.3 is 10.1 Å². The van der Waals surface area contributed by atoms with E-state index in [9.17, 15) is 9.59 Å². The van der Waals surface area contributed by atoms with Crippen molar-refractivity contribution in [2.75, 3.05) is 12.4 Å². The SMILES string of the molecule is COC(=O)c1ccc(SN2Cc3ccc(Cl)cc3NC(=O)C2Cc2ccccn2)cc1. The van der Waals surface area contributed by atoms with E-state index in [1.165, 1.54) is 19.1 Å². The van der Waals surface area contributed by atoms with Gasteiger partial charge in [0.05, 0.1) is 12.7 Å². The summed E-state index contributed by atoms with van der Waals surface area (Å²) in [5.74, 6) is -0.505. The number of carbonyl (C=O) groups excluding carboxylic acids is 2. The third-order valence-corrected chi connectivity index (χ3v) is 6.27.